The molecule has 0 bridgehead atoms. The molecule has 2 aromatic rings. The van der Waals surface area contributed by atoms with Gasteiger partial charge in [-0.1, -0.05) is 30.3 Å². The lowest BCUT2D eigenvalue weighted by Gasteiger charge is -2.12. The highest BCUT2D eigenvalue weighted by Gasteiger charge is 2.04. The molecule has 0 amide bonds. The van der Waals surface area contributed by atoms with Crippen molar-refractivity contribution in [1.29, 1.82) is 0 Å². The van der Waals surface area contributed by atoms with E-state index in [1.54, 1.807) is 0 Å². The molecule has 142 valence electrons. The van der Waals surface area contributed by atoms with Gasteiger partial charge in [0.2, 0.25) is 0 Å². The Hall–Kier alpha value is -2.34. The van der Waals surface area contributed by atoms with Crippen LogP contribution in [0.1, 0.15) is 31.7 Å². The van der Waals surface area contributed by atoms with Gasteiger partial charge < -0.3 is 19.9 Å². The number of imidazole rings is 1. The fourth-order valence-electron chi connectivity index (χ4n) is 2.63. The van der Waals surface area contributed by atoms with Crippen LogP contribution in [0.5, 0.6) is 0 Å². The van der Waals surface area contributed by atoms with Crippen LogP contribution in [0.3, 0.4) is 0 Å². The minimum Gasteiger partial charge on any atom is -0.382 e. The average molecular weight is 358 g/mol. The molecule has 0 aliphatic rings. The summed E-state index contributed by atoms with van der Waals surface area (Å²) >= 11 is 0. The van der Waals surface area contributed by atoms with Crippen molar-refractivity contribution in [2.75, 3.05) is 32.8 Å². The van der Waals surface area contributed by atoms with Gasteiger partial charge >= 0.3 is 0 Å². The van der Waals surface area contributed by atoms with Crippen molar-refractivity contribution in [2.45, 2.75) is 33.2 Å². The number of hydrogen-bond donors (Lipinski definition) is 2. The van der Waals surface area contributed by atoms with Crippen LogP contribution in [0, 0.1) is 0 Å². The standard InChI is InChI=1S/C20H31N5O/c1-3-21-20(23-12-8-16-26-4-2)24-13-11-19-22-14-15-25(19)17-18-9-6-5-7-10-18/h5-7,9-10,14-15H,3-4,8,11-13,16-17H2,1-2H3,(H2,21,23,24). The van der Waals surface area contributed by atoms with Gasteiger partial charge in [0, 0.05) is 58.2 Å². The molecule has 0 radical (unpaired) electrons. The zero-order chi connectivity index (χ0) is 18.5. The minimum absolute atomic E-state index is 0.760. The summed E-state index contributed by atoms with van der Waals surface area (Å²) in [5, 5.41) is 6.66. The molecule has 26 heavy (non-hydrogen) atoms. The monoisotopic (exact) mass is 357 g/mol. The molecule has 1 aromatic carbocycles. The largest absolute Gasteiger partial charge is 0.382 e. The number of aliphatic imine (C=N–C) groups is 1. The second-order valence-electron chi connectivity index (χ2n) is 5.94. The Bertz CT molecular complexity index is 639. The lowest BCUT2D eigenvalue weighted by molar-refractivity contribution is 0.146. The Morgan fingerprint density at radius 1 is 1.19 bits per heavy atom. The molecule has 6 nitrogen and oxygen atoms in total. The third kappa shape index (κ3) is 7.27. The summed E-state index contributed by atoms with van der Waals surface area (Å²) in [6.07, 6.45) is 5.69. The Kier molecular flexibility index (Phi) is 9.29. The normalized spacial score (nSPS) is 11.5. The summed E-state index contributed by atoms with van der Waals surface area (Å²) in [4.78, 5) is 9.08. The molecule has 0 spiro atoms. The van der Waals surface area contributed by atoms with Crippen LogP contribution >= 0.6 is 0 Å². The first-order valence-corrected chi connectivity index (χ1v) is 9.47. The zero-order valence-electron chi connectivity index (χ0n) is 15.9. The number of guanidine groups is 1. The maximum Gasteiger partial charge on any atom is 0.191 e. The Morgan fingerprint density at radius 2 is 2.04 bits per heavy atom. The molecule has 0 saturated carbocycles. The second-order valence-corrected chi connectivity index (χ2v) is 5.94. The van der Waals surface area contributed by atoms with Gasteiger partial charge in [-0.15, -0.1) is 0 Å². The van der Waals surface area contributed by atoms with Crippen LogP contribution < -0.4 is 10.6 Å². The first-order valence-electron chi connectivity index (χ1n) is 9.47. The van der Waals surface area contributed by atoms with Crippen LogP contribution in [-0.2, 0) is 17.7 Å². The molecule has 0 atom stereocenters. The highest BCUT2D eigenvalue weighted by Crippen LogP contribution is 2.05. The molecule has 0 unspecified atom stereocenters. The molecule has 1 aromatic heterocycles. The smallest absolute Gasteiger partial charge is 0.191 e. The molecule has 0 fully saturated rings. The van der Waals surface area contributed by atoms with Crippen molar-refractivity contribution in [3.05, 3.63) is 54.1 Å². The van der Waals surface area contributed by atoms with E-state index in [1.807, 2.05) is 25.4 Å². The van der Waals surface area contributed by atoms with Crippen LogP contribution in [0.4, 0.5) is 0 Å². The first kappa shape index (κ1) is 20.0. The Balaban J connectivity index is 1.80. The van der Waals surface area contributed by atoms with Crippen molar-refractivity contribution >= 4 is 5.96 Å². The van der Waals surface area contributed by atoms with E-state index in [0.717, 1.165) is 64.0 Å². The van der Waals surface area contributed by atoms with Gasteiger partial charge in [0.1, 0.15) is 5.82 Å². The summed E-state index contributed by atoms with van der Waals surface area (Å²) in [7, 11) is 0. The maximum atomic E-state index is 5.35. The highest BCUT2D eigenvalue weighted by atomic mass is 16.5. The van der Waals surface area contributed by atoms with Crippen LogP contribution in [0.2, 0.25) is 0 Å². The van der Waals surface area contributed by atoms with Crippen molar-refractivity contribution in [2.24, 2.45) is 4.99 Å². The predicted octanol–water partition coefficient (Wildman–Crippen LogP) is 2.46. The van der Waals surface area contributed by atoms with E-state index >= 15 is 0 Å². The number of hydrogen-bond acceptors (Lipinski definition) is 3. The first-order chi connectivity index (χ1) is 12.8. The molecule has 2 N–H and O–H groups in total. The van der Waals surface area contributed by atoms with Crippen LogP contribution in [-0.4, -0.2) is 48.4 Å². The second kappa shape index (κ2) is 12.1. The number of nitrogens with zero attached hydrogens (tertiary/aromatic N) is 3. The van der Waals surface area contributed by atoms with Crippen molar-refractivity contribution in [3.63, 3.8) is 0 Å². The molecule has 1 heterocycles. The van der Waals surface area contributed by atoms with Gasteiger partial charge in [0.05, 0.1) is 0 Å². The predicted molar refractivity (Wildman–Crippen MR) is 107 cm³/mol. The van der Waals surface area contributed by atoms with Crippen LogP contribution in [0.15, 0.2) is 47.7 Å². The zero-order valence-corrected chi connectivity index (χ0v) is 15.9. The van der Waals surface area contributed by atoms with Gasteiger partial charge in [-0.05, 0) is 25.8 Å². The van der Waals surface area contributed by atoms with Crippen molar-refractivity contribution in [3.8, 4) is 0 Å². The maximum absolute atomic E-state index is 5.35. The molecule has 0 aliphatic heterocycles. The van der Waals surface area contributed by atoms with E-state index in [2.05, 4.69) is 56.4 Å². The van der Waals surface area contributed by atoms with E-state index in [1.165, 1.54) is 5.56 Å². The van der Waals surface area contributed by atoms with Gasteiger partial charge in [-0.2, -0.15) is 0 Å². The van der Waals surface area contributed by atoms with Gasteiger partial charge in [-0.3, -0.25) is 4.99 Å². The average Bonchev–Trinajstić information content (AvgIpc) is 3.09. The Labute approximate surface area is 156 Å². The van der Waals surface area contributed by atoms with E-state index < -0.39 is 0 Å². The summed E-state index contributed by atoms with van der Waals surface area (Å²) in [6.45, 7) is 8.86. The van der Waals surface area contributed by atoms with Gasteiger partial charge in [-0.25, -0.2) is 4.98 Å². The lowest BCUT2D eigenvalue weighted by atomic mass is 10.2. The summed E-state index contributed by atoms with van der Waals surface area (Å²) in [5.41, 5.74) is 1.28. The third-order valence-corrected chi connectivity index (χ3v) is 3.90. The fourth-order valence-corrected chi connectivity index (χ4v) is 2.63. The number of nitrogens with one attached hydrogen (secondary N) is 2. The highest BCUT2D eigenvalue weighted by molar-refractivity contribution is 5.79. The third-order valence-electron chi connectivity index (χ3n) is 3.90. The summed E-state index contributed by atoms with van der Waals surface area (Å²) in [6, 6.07) is 10.5. The van der Waals surface area contributed by atoms with E-state index in [9.17, 15) is 0 Å². The van der Waals surface area contributed by atoms with E-state index in [4.69, 9.17) is 4.74 Å². The van der Waals surface area contributed by atoms with E-state index in [0.29, 0.717) is 0 Å². The van der Waals surface area contributed by atoms with Crippen LogP contribution in [0.25, 0.3) is 0 Å². The molecule has 2 rings (SSSR count). The SMILES string of the molecule is CCNC(=NCCCOCC)NCCc1nccn1Cc1ccccc1. The quantitative estimate of drug-likeness (QED) is 0.368. The molecule has 0 aliphatic carbocycles. The minimum atomic E-state index is 0.760. The number of benzene rings is 1. The Morgan fingerprint density at radius 3 is 2.81 bits per heavy atom. The molecular formula is C20H31N5O. The van der Waals surface area contributed by atoms with Crippen molar-refractivity contribution in [1.82, 2.24) is 20.2 Å². The molecule has 0 saturated heterocycles. The summed E-state index contributed by atoms with van der Waals surface area (Å²) < 4.78 is 7.54. The van der Waals surface area contributed by atoms with Gasteiger partial charge in [0.25, 0.3) is 0 Å². The summed E-state index contributed by atoms with van der Waals surface area (Å²) in [5.74, 6) is 1.93. The molecular weight excluding hydrogens is 326 g/mol. The number of aromatic nitrogens is 2. The number of ether oxygens (including phenoxy) is 1. The number of rotatable bonds is 11. The fraction of sp³-hybridized carbons (Fsp3) is 0.500. The topological polar surface area (TPSA) is 63.5 Å². The van der Waals surface area contributed by atoms with Crippen molar-refractivity contribution < 1.29 is 4.74 Å². The van der Waals surface area contributed by atoms with Gasteiger partial charge in [0.15, 0.2) is 5.96 Å². The van der Waals surface area contributed by atoms with E-state index in [-0.39, 0.29) is 0 Å². The lowest BCUT2D eigenvalue weighted by Crippen LogP contribution is -2.38. The molecule has 6 heteroatoms.